The van der Waals surface area contributed by atoms with Gasteiger partial charge in [-0.1, -0.05) is 24.3 Å². The van der Waals surface area contributed by atoms with Crippen molar-refractivity contribution >= 4 is 10.8 Å². The molecule has 0 aliphatic rings. The van der Waals surface area contributed by atoms with Gasteiger partial charge in [-0.25, -0.2) is 0 Å². The lowest BCUT2D eigenvalue weighted by Crippen LogP contribution is -2.19. The van der Waals surface area contributed by atoms with Gasteiger partial charge in [0.1, 0.15) is 0 Å². The number of rotatable bonds is 5. The Morgan fingerprint density at radius 1 is 1.28 bits per heavy atom. The van der Waals surface area contributed by atoms with E-state index in [0.29, 0.717) is 6.54 Å². The van der Waals surface area contributed by atoms with Crippen LogP contribution in [0.4, 0.5) is 0 Å². The second kappa shape index (κ2) is 5.54. The Hall–Kier alpha value is -2.03. The number of allylic oxidation sites excluding steroid dienone is 1. The summed E-state index contributed by atoms with van der Waals surface area (Å²) in [6.07, 6.45) is 4.63. The second-order valence-corrected chi connectivity index (χ2v) is 4.33. The molecule has 0 aliphatic heterocycles. The molecule has 0 fully saturated rings. The van der Waals surface area contributed by atoms with Gasteiger partial charge in [-0.3, -0.25) is 9.36 Å². The highest BCUT2D eigenvalue weighted by Crippen LogP contribution is 2.22. The minimum Gasteiger partial charge on any atom is -0.494 e. The summed E-state index contributed by atoms with van der Waals surface area (Å²) in [6.45, 7) is 4.21. The maximum absolute atomic E-state index is 11.9. The summed E-state index contributed by atoms with van der Waals surface area (Å²) in [5.74, 6) is 0.0664. The van der Waals surface area contributed by atoms with Gasteiger partial charge in [-0.15, -0.1) is 6.58 Å². The number of unbranched alkanes of at least 4 members (excludes halogenated alkanes) is 2. The summed E-state index contributed by atoms with van der Waals surface area (Å²) < 4.78 is 1.44. The van der Waals surface area contributed by atoms with Crippen LogP contribution in [0.3, 0.4) is 0 Å². The second-order valence-electron chi connectivity index (χ2n) is 4.33. The van der Waals surface area contributed by atoms with Gasteiger partial charge in [-0.05, 0) is 30.7 Å². The molecule has 18 heavy (non-hydrogen) atoms. The first kappa shape index (κ1) is 12.4. The van der Waals surface area contributed by atoms with Crippen LogP contribution in [0.1, 0.15) is 19.3 Å². The lowest BCUT2D eigenvalue weighted by Gasteiger charge is -2.10. The Bertz CT molecular complexity index is 613. The number of fused-ring (bicyclic) bond motifs is 1. The van der Waals surface area contributed by atoms with Crippen molar-refractivity contribution in [3.8, 4) is 5.88 Å². The van der Waals surface area contributed by atoms with E-state index in [1.165, 1.54) is 4.57 Å². The molecule has 0 saturated carbocycles. The van der Waals surface area contributed by atoms with Crippen molar-refractivity contribution in [3.63, 3.8) is 0 Å². The molecule has 3 nitrogen and oxygen atoms in total. The molecule has 0 radical (unpaired) electrons. The molecule has 1 aromatic carbocycles. The summed E-state index contributed by atoms with van der Waals surface area (Å²) >= 11 is 0. The third-order valence-electron chi connectivity index (χ3n) is 3.04. The minimum absolute atomic E-state index is 0.0664. The van der Waals surface area contributed by atoms with E-state index in [2.05, 4.69) is 6.58 Å². The van der Waals surface area contributed by atoms with Crippen LogP contribution in [0.5, 0.6) is 5.88 Å². The van der Waals surface area contributed by atoms with Crippen LogP contribution in [0.2, 0.25) is 0 Å². The van der Waals surface area contributed by atoms with Crippen LogP contribution >= 0.6 is 0 Å². The first-order valence-electron chi connectivity index (χ1n) is 6.16. The van der Waals surface area contributed by atoms with Gasteiger partial charge in [0, 0.05) is 18.0 Å². The Balaban J connectivity index is 2.32. The van der Waals surface area contributed by atoms with E-state index in [-0.39, 0.29) is 11.4 Å². The normalized spacial score (nSPS) is 10.7. The first-order valence-corrected chi connectivity index (χ1v) is 6.16. The SMILES string of the molecule is C=CCCCCn1c(O)c2ccccc2cc1=O. The highest BCUT2D eigenvalue weighted by molar-refractivity contribution is 5.86. The topological polar surface area (TPSA) is 42.2 Å². The number of aromatic nitrogens is 1. The van der Waals surface area contributed by atoms with Crippen LogP contribution in [0.25, 0.3) is 10.8 Å². The molecule has 2 rings (SSSR count). The third kappa shape index (κ3) is 2.45. The van der Waals surface area contributed by atoms with E-state index >= 15 is 0 Å². The van der Waals surface area contributed by atoms with E-state index < -0.39 is 0 Å². The lowest BCUT2D eigenvalue weighted by atomic mass is 10.1. The zero-order valence-corrected chi connectivity index (χ0v) is 10.3. The van der Waals surface area contributed by atoms with Crippen molar-refractivity contribution in [1.82, 2.24) is 4.57 Å². The van der Waals surface area contributed by atoms with Crippen LogP contribution in [0.15, 0.2) is 47.8 Å². The molecule has 0 saturated heterocycles. The molecular weight excluding hydrogens is 226 g/mol. The predicted octanol–water partition coefficient (Wildman–Crippen LogP) is 3.06. The van der Waals surface area contributed by atoms with Crippen molar-refractivity contribution in [2.24, 2.45) is 0 Å². The van der Waals surface area contributed by atoms with Crippen molar-refractivity contribution in [2.75, 3.05) is 0 Å². The standard InChI is InChI=1S/C15H17NO2/c1-2-3-4-7-10-16-14(17)11-12-8-5-6-9-13(12)15(16)18/h2,5-6,8-9,11,18H,1,3-4,7,10H2. The molecule has 0 bridgehead atoms. The van der Waals surface area contributed by atoms with Gasteiger partial charge in [0.2, 0.25) is 5.88 Å². The van der Waals surface area contributed by atoms with E-state index in [1.54, 1.807) is 6.07 Å². The van der Waals surface area contributed by atoms with Crippen molar-refractivity contribution in [1.29, 1.82) is 0 Å². The number of pyridine rings is 1. The summed E-state index contributed by atoms with van der Waals surface area (Å²) in [6, 6.07) is 8.94. The highest BCUT2D eigenvalue weighted by atomic mass is 16.3. The van der Waals surface area contributed by atoms with Gasteiger partial charge in [-0.2, -0.15) is 0 Å². The Labute approximate surface area is 106 Å². The third-order valence-corrected chi connectivity index (χ3v) is 3.04. The Kier molecular flexibility index (Phi) is 3.82. The summed E-state index contributed by atoms with van der Waals surface area (Å²) in [5, 5.41) is 11.6. The van der Waals surface area contributed by atoms with Crippen molar-refractivity contribution < 1.29 is 5.11 Å². The Morgan fingerprint density at radius 2 is 2.06 bits per heavy atom. The minimum atomic E-state index is -0.148. The van der Waals surface area contributed by atoms with Crippen molar-refractivity contribution in [2.45, 2.75) is 25.8 Å². The average Bonchev–Trinajstić information content (AvgIpc) is 2.38. The molecule has 2 aromatic rings. The van der Waals surface area contributed by atoms with Crippen LogP contribution in [-0.4, -0.2) is 9.67 Å². The van der Waals surface area contributed by atoms with Crippen LogP contribution in [-0.2, 0) is 6.54 Å². The summed E-state index contributed by atoms with van der Waals surface area (Å²) in [7, 11) is 0. The molecule has 1 N–H and O–H groups in total. The van der Waals surface area contributed by atoms with E-state index in [0.717, 1.165) is 30.0 Å². The zero-order valence-electron chi connectivity index (χ0n) is 10.3. The number of benzene rings is 1. The monoisotopic (exact) mass is 243 g/mol. The van der Waals surface area contributed by atoms with Gasteiger partial charge in [0.25, 0.3) is 5.56 Å². The first-order chi connectivity index (χ1) is 8.74. The van der Waals surface area contributed by atoms with E-state index in [4.69, 9.17) is 0 Å². The lowest BCUT2D eigenvalue weighted by molar-refractivity contribution is 0.407. The van der Waals surface area contributed by atoms with Gasteiger partial charge >= 0.3 is 0 Å². The summed E-state index contributed by atoms with van der Waals surface area (Å²) in [5.41, 5.74) is -0.148. The molecule has 1 aromatic heterocycles. The highest BCUT2D eigenvalue weighted by Gasteiger charge is 2.07. The maximum atomic E-state index is 11.9. The zero-order chi connectivity index (χ0) is 13.0. The van der Waals surface area contributed by atoms with Gasteiger partial charge < -0.3 is 5.11 Å². The molecule has 1 heterocycles. The van der Waals surface area contributed by atoms with Gasteiger partial charge in [0.15, 0.2) is 0 Å². The van der Waals surface area contributed by atoms with Crippen molar-refractivity contribution in [3.05, 3.63) is 53.3 Å². The predicted molar refractivity (Wildman–Crippen MR) is 73.9 cm³/mol. The smallest absolute Gasteiger partial charge is 0.253 e. The van der Waals surface area contributed by atoms with E-state index in [1.807, 2.05) is 30.3 Å². The molecule has 0 amide bonds. The number of hydrogen-bond donors (Lipinski definition) is 1. The average molecular weight is 243 g/mol. The van der Waals surface area contributed by atoms with Gasteiger partial charge in [0.05, 0.1) is 0 Å². The molecule has 3 heteroatoms. The molecule has 0 aliphatic carbocycles. The molecule has 0 atom stereocenters. The summed E-state index contributed by atoms with van der Waals surface area (Å²) in [4.78, 5) is 11.9. The number of aromatic hydroxyl groups is 1. The molecule has 94 valence electrons. The van der Waals surface area contributed by atoms with E-state index in [9.17, 15) is 9.90 Å². The number of nitrogens with zero attached hydrogens (tertiary/aromatic N) is 1. The number of hydrogen-bond acceptors (Lipinski definition) is 2. The molecule has 0 unspecified atom stereocenters. The molecular formula is C15H17NO2. The van der Waals surface area contributed by atoms with Crippen LogP contribution < -0.4 is 5.56 Å². The maximum Gasteiger partial charge on any atom is 0.253 e. The molecule has 0 spiro atoms. The van der Waals surface area contributed by atoms with Crippen LogP contribution in [0, 0.1) is 0 Å². The Morgan fingerprint density at radius 3 is 2.83 bits per heavy atom. The fourth-order valence-electron chi connectivity index (χ4n) is 2.06. The quantitative estimate of drug-likeness (QED) is 0.647. The largest absolute Gasteiger partial charge is 0.494 e. The fourth-order valence-corrected chi connectivity index (χ4v) is 2.06. The fraction of sp³-hybridized carbons (Fsp3) is 0.267.